The van der Waals surface area contributed by atoms with Crippen LogP contribution < -0.4 is 4.74 Å². The molecule has 1 aromatic heterocycles. The maximum Gasteiger partial charge on any atom is 0.254 e. The summed E-state index contributed by atoms with van der Waals surface area (Å²) < 4.78 is 5.21. The van der Waals surface area contributed by atoms with Gasteiger partial charge in [-0.15, -0.1) is 11.3 Å². The molecule has 1 unspecified atom stereocenters. The second-order valence-electron chi connectivity index (χ2n) is 5.65. The Labute approximate surface area is 134 Å². The Bertz CT molecular complexity index is 668. The van der Waals surface area contributed by atoms with Gasteiger partial charge in [0, 0.05) is 35.6 Å². The van der Waals surface area contributed by atoms with Crippen LogP contribution in [0.25, 0.3) is 0 Å². The van der Waals surface area contributed by atoms with Crippen LogP contribution in [0.1, 0.15) is 39.8 Å². The molecule has 2 heterocycles. The second kappa shape index (κ2) is 6.48. The zero-order valence-corrected chi connectivity index (χ0v) is 13.7. The van der Waals surface area contributed by atoms with Gasteiger partial charge in [-0.25, -0.2) is 4.98 Å². The highest BCUT2D eigenvalue weighted by molar-refractivity contribution is 7.09. The molecule has 0 spiro atoms. The standard InChI is InChI=1S/C17H20N2O2S/c1-12-11-22-16(18-12)14-6-4-8-19(10-14)17(20)13-5-3-7-15(9-13)21-2/h3,5,7,9,11,14H,4,6,8,10H2,1-2H3. The van der Waals surface area contributed by atoms with E-state index < -0.39 is 0 Å². The minimum atomic E-state index is 0.0804. The monoisotopic (exact) mass is 316 g/mol. The summed E-state index contributed by atoms with van der Waals surface area (Å²) in [4.78, 5) is 19.2. The third-order valence-electron chi connectivity index (χ3n) is 4.01. The van der Waals surface area contributed by atoms with Crippen molar-refractivity contribution in [3.63, 3.8) is 0 Å². The van der Waals surface area contributed by atoms with E-state index in [0.29, 0.717) is 11.5 Å². The first-order valence-electron chi connectivity index (χ1n) is 7.52. The maximum atomic E-state index is 12.7. The summed E-state index contributed by atoms with van der Waals surface area (Å²) in [6.07, 6.45) is 2.13. The molecule has 1 aliphatic heterocycles. The molecule has 116 valence electrons. The molecule has 0 radical (unpaired) electrons. The fraction of sp³-hybridized carbons (Fsp3) is 0.412. The van der Waals surface area contributed by atoms with Crippen LogP contribution in [-0.2, 0) is 0 Å². The lowest BCUT2D eigenvalue weighted by atomic mass is 9.98. The zero-order chi connectivity index (χ0) is 15.5. The van der Waals surface area contributed by atoms with Crippen molar-refractivity contribution >= 4 is 17.2 Å². The Hall–Kier alpha value is -1.88. The van der Waals surface area contributed by atoms with Crippen molar-refractivity contribution in [2.45, 2.75) is 25.7 Å². The SMILES string of the molecule is COc1cccc(C(=O)N2CCCC(c3nc(C)cs3)C2)c1. The molecular formula is C17H20N2O2S. The lowest BCUT2D eigenvalue weighted by molar-refractivity contribution is 0.0706. The molecule has 1 fully saturated rings. The molecule has 2 aromatic rings. The highest BCUT2D eigenvalue weighted by Crippen LogP contribution is 2.30. The summed E-state index contributed by atoms with van der Waals surface area (Å²) in [6, 6.07) is 7.37. The topological polar surface area (TPSA) is 42.4 Å². The molecule has 1 atom stereocenters. The van der Waals surface area contributed by atoms with Crippen molar-refractivity contribution in [1.29, 1.82) is 0 Å². The van der Waals surface area contributed by atoms with Crippen LogP contribution in [0.15, 0.2) is 29.6 Å². The van der Waals surface area contributed by atoms with Gasteiger partial charge in [0.15, 0.2) is 0 Å². The van der Waals surface area contributed by atoms with E-state index in [4.69, 9.17) is 4.74 Å². The molecule has 0 aliphatic carbocycles. The van der Waals surface area contributed by atoms with E-state index in [2.05, 4.69) is 10.4 Å². The predicted molar refractivity (Wildman–Crippen MR) is 87.7 cm³/mol. The number of methoxy groups -OCH3 is 1. The average Bonchev–Trinajstić information content (AvgIpc) is 3.01. The number of likely N-dealkylation sites (tertiary alicyclic amines) is 1. The van der Waals surface area contributed by atoms with E-state index >= 15 is 0 Å². The molecule has 4 nitrogen and oxygen atoms in total. The summed E-state index contributed by atoms with van der Waals surface area (Å²) in [6.45, 7) is 3.59. The molecule has 0 bridgehead atoms. The molecule has 22 heavy (non-hydrogen) atoms. The number of amides is 1. The number of hydrogen-bond acceptors (Lipinski definition) is 4. The number of aromatic nitrogens is 1. The van der Waals surface area contributed by atoms with Crippen molar-refractivity contribution in [3.8, 4) is 5.75 Å². The predicted octanol–water partition coefficient (Wildman–Crippen LogP) is 3.48. The summed E-state index contributed by atoms with van der Waals surface area (Å²) >= 11 is 1.70. The highest BCUT2D eigenvalue weighted by Gasteiger charge is 2.27. The zero-order valence-electron chi connectivity index (χ0n) is 12.9. The van der Waals surface area contributed by atoms with Crippen LogP contribution in [0.2, 0.25) is 0 Å². The first kappa shape index (κ1) is 15.0. The molecule has 5 heteroatoms. The van der Waals surface area contributed by atoms with Crippen molar-refractivity contribution in [3.05, 3.63) is 45.9 Å². The van der Waals surface area contributed by atoms with Gasteiger partial charge < -0.3 is 9.64 Å². The number of carbonyl (C=O) groups excluding carboxylic acids is 1. The van der Waals surface area contributed by atoms with Gasteiger partial charge in [-0.2, -0.15) is 0 Å². The number of benzene rings is 1. The highest BCUT2D eigenvalue weighted by atomic mass is 32.1. The van der Waals surface area contributed by atoms with Crippen LogP contribution in [0, 0.1) is 6.92 Å². The van der Waals surface area contributed by atoms with E-state index in [1.165, 1.54) is 0 Å². The van der Waals surface area contributed by atoms with Crippen molar-refractivity contribution in [2.24, 2.45) is 0 Å². The van der Waals surface area contributed by atoms with Crippen LogP contribution in [0.5, 0.6) is 5.75 Å². The normalized spacial score (nSPS) is 18.3. The average molecular weight is 316 g/mol. The molecule has 0 N–H and O–H groups in total. The van der Waals surface area contributed by atoms with E-state index in [1.54, 1.807) is 24.5 Å². The van der Waals surface area contributed by atoms with E-state index in [0.717, 1.165) is 42.4 Å². The Morgan fingerprint density at radius 1 is 1.45 bits per heavy atom. The Kier molecular flexibility index (Phi) is 4.43. The minimum Gasteiger partial charge on any atom is -0.497 e. The third-order valence-corrected chi connectivity index (χ3v) is 5.14. The second-order valence-corrected chi connectivity index (χ2v) is 6.54. The summed E-state index contributed by atoms with van der Waals surface area (Å²) in [5.41, 5.74) is 1.76. The van der Waals surface area contributed by atoms with Gasteiger partial charge in [0.2, 0.25) is 0 Å². The van der Waals surface area contributed by atoms with Crippen molar-refractivity contribution < 1.29 is 9.53 Å². The Morgan fingerprint density at radius 2 is 2.32 bits per heavy atom. The quantitative estimate of drug-likeness (QED) is 0.870. The number of nitrogens with zero attached hydrogens (tertiary/aromatic N) is 2. The van der Waals surface area contributed by atoms with Crippen LogP contribution >= 0.6 is 11.3 Å². The molecule has 1 saturated heterocycles. The molecule has 1 amide bonds. The number of aryl methyl sites for hydroxylation is 1. The Morgan fingerprint density at radius 3 is 3.05 bits per heavy atom. The molecular weight excluding hydrogens is 296 g/mol. The van der Waals surface area contributed by atoms with E-state index in [-0.39, 0.29) is 5.91 Å². The van der Waals surface area contributed by atoms with Crippen LogP contribution in [0.4, 0.5) is 0 Å². The number of piperidine rings is 1. The maximum absolute atomic E-state index is 12.7. The van der Waals surface area contributed by atoms with Gasteiger partial charge in [0.1, 0.15) is 5.75 Å². The minimum absolute atomic E-state index is 0.0804. The van der Waals surface area contributed by atoms with Gasteiger partial charge in [0.05, 0.1) is 12.1 Å². The lowest BCUT2D eigenvalue weighted by Crippen LogP contribution is -2.39. The van der Waals surface area contributed by atoms with Crippen molar-refractivity contribution in [1.82, 2.24) is 9.88 Å². The van der Waals surface area contributed by atoms with Gasteiger partial charge in [-0.3, -0.25) is 4.79 Å². The number of hydrogen-bond donors (Lipinski definition) is 0. The van der Waals surface area contributed by atoms with Gasteiger partial charge in [0.25, 0.3) is 5.91 Å². The molecule has 1 aliphatic rings. The van der Waals surface area contributed by atoms with Gasteiger partial charge in [-0.05, 0) is 38.0 Å². The number of carbonyl (C=O) groups is 1. The summed E-state index contributed by atoms with van der Waals surface area (Å²) in [5, 5.41) is 3.23. The number of ether oxygens (including phenoxy) is 1. The number of thiazole rings is 1. The number of rotatable bonds is 3. The van der Waals surface area contributed by atoms with Gasteiger partial charge >= 0.3 is 0 Å². The third kappa shape index (κ3) is 3.14. The molecule has 0 saturated carbocycles. The van der Waals surface area contributed by atoms with Crippen molar-refractivity contribution in [2.75, 3.05) is 20.2 Å². The fourth-order valence-electron chi connectivity index (χ4n) is 2.86. The smallest absolute Gasteiger partial charge is 0.254 e. The van der Waals surface area contributed by atoms with E-state index in [1.807, 2.05) is 30.0 Å². The first-order chi connectivity index (χ1) is 10.7. The Balaban J connectivity index is 1.75. The fourth-order valence-corrected chi connectivity index (χ4v) is 3.79. The first-order valence-corrected chi connectivity index (χ1v) is 8.40. The lowest BCUT2D eigenvalue weighted by Gasteiger charge is -2.32. The molecule has 3 rings (SSSR count). The van der Waals surface area contributed by atoms with Crippen LogP contribution in [0.3, 0.4) is 0 Å². The molecule has 1 aromatic carbocycles. The summed E-state index contributed by atoms with van der Waals surface area (Å²) in [5.74, 6) is 1.16. The van der Waals surface area contributed by atoms with E-state index in [9.17, 15) is 4.79 Å². The summed E-state index contributed by atoms with van der Waals surface area (Å²) in [7, 11) is 1.62. The largest absolute Gasteiger partial charge is 0.497 e. The van der Waals surface area contributed by atoms with Gasteiger partial charge in [-0.1, -0.05) is 6.07 Å². The van der Waals surface area contributed by atoms with Crippen LogP contribution in [-0.4, -0.2) is 36.0 Å².